The van der Waals surface area contributed by atoms with E-state index in [2.05, 4.69) is 39.6 Å². The van der Waals surface area contributed by atoms with Gasteiger partial charge in [0.2, 0.25) is 0 Å². The number of rotatable bonds is 13. The van der Waals surface area contributed by atoms with Crippen molar-refractivity contribution >= 4 is 0 Å². The van der Waals surface area contributed by atoms with Crippen molar-refractivity contribution in [2.24, 2.45) is 5.41 Å². The summed E-state index contributed by atoms with van der Waals surface area (Å²) >= 11 is 0. The molecule has 0 heterocycles. The topological polar surface area (TPSA) is 52.9 Å². The Morgan fingerprint density at radius 2 is 1.58 bits per heavy atom. The zero-order valence-corrected chi connectivity index (χ0v) is 18.0. The summed E-state index contributed by atoms with van der Waals surface area (Å²) in [7, 11) is 2.06. The molecule has 0 spiro atoms. The molecule has 0 unspecified atom stereocenters. The molecule has 0 aromatic rings. The molecule has 1 rings (SSSR count). The first-order valence-corrected chi connectivity index (χ1v) is 10.9. The third-order valence-corrected chi connectivity index (χ3v) is 5.60. The molecule has 2 N–H and O–H groups in total. The fraction of sp³-hybridized carbons (Fsp3) is 1.00. The Kier molecular flexibility index (Phi) is 11.3. The minimum Gasteiger partial charge on any atom is -0.391 e. The fourth-order valence-corrected chi connectivity index (χ4v) is 3.99. The number of likely N-dealkylation sites (N-methyl/N-ethyl adjacent to an activating group) is 1. The highest BCUT2D eigenvalue weighted by atomic mass is 16.5. The summed E-state index contributed by atoms with van der Waals surface area (Å²) in [5.41, 5.74) is 0.410. The molecule has 4 heteroatoms. The Morgan fingerprint density at radius 3 is 2.23 bits per heavy atom. The number of aliphatic hydroxyl groups excluding tert-OH is 2. The molecule has 4 nitrogen and oxygen atoms in total. The summed E-state index contributed by atoms with van der Waals surface area (Å²) in [6.07, 6.45) is 10.0. The van der Waals surface area contributed by atoms with Crippen LogP contribution >= 0.6 is 0 Å². The van der Waals surface area contributed by atoms with Crippen LogP contribution in [0.4, 0.5) is 0 Å². The maximum atomic E-state index is 10.4. The highest BCUT2D eigenvalue weighted by molar-refractivity contribution is 4.98. The Bertz CT molecular complexity index is 356. The summed E-state index contributed by atoms with van der Waals surface area (Å²) in [6.45, 7) is 10.7. The van der Waals surface area contributed by atoms with Crippen LogP contribution in [0.15, 0.2) is 0 Å². The third-order valence-electron chi connectivity index (χ3n) is 5.60. The van der Waals surface area contributed by atoms with E-state index >= 15 is 0 Å². The van der Waals surface area contributed by atoms with E-state index < -0.39 is 12.2 Å². The van der Waals surface area contributed by atoms with Gasteiger partial charge in [0.05, 0.1) is 18.2 Å². The molecule has 0 aromatic carbocycles. The Balaban J connectivity index is 2.33. The number of unbranched alkanes of at least 4 members (excludes halogenated alkanes) is 6. The van der Waals surface area contributed by atoms with Crippen molar-refractivity contribution in [3.63, 3.8) is 0 Å². The molecule has 0 saturated heterocycles. The van der Waals surface area contributed by atoms with E-state index in [-0.39, 0.29) is 12.1 Å². The van der Waals surface area contributed by atoms with Crippen molar-refractivity contribution in [3.8, 4) is 0 Å². The number of hydrogen-bond donors (Lipinski definition) is 2. The zero-order chi connectivity index (χ0) is 19.6. The van der Waals surface area contributed by atoms with Crippen molar-refractivity contribution < 1.29 is 14.9 Å². The molecule has 156 valence electrons. The van der Waals surface area contributed by atoms with Gasteiger partial charge < -0.3 is 14.9 Å². The van der Waals surface area contributed by atoms with Crippen molar-refractivity contribution in [1.29, 1.82) is 0 Å². The van der Waals surface area contributed by atoms with Gasteiger partial charge in [-0.05, 0) is 38.3 Å². The van der Waals surface area contributed by atoms with Crippen LogP contribution in [0.1, 0.15) is 91.9 Å². The number of ether oxygens (including phenoxy) is 1. The predicted octanol–water partition coefficient (Wildman–Crippen LogP) is 4.37. The van der Waals surface area contributed by atoms with E-state index in [0.717, 1.165) is 19.4 Å². The standard InChI is InChI=1S/C22H45NO3/c1-6-7-8-9-13-16-26-21-19(25)17-18(24)20(21)23(5)15-12-10-11-14-22(2,3)4/h18-21,24-25H,6-17H2,1-5H3/t18-,19+,20+,21+/m0/s1. The third kappa shape index (κ3) is 9.16. The Labute approximate surface area is 162 Å². The van der Waals surface area contributed by atoms with E-state index in [4.69, 9.17) is 4.74 Å². The highest BCUT2D eigenvalue weighted by Crippen LogP contribution is 2.28. The largest absolute Gasteiger partial charge is 0.391 e. The smallest absolute Gasteiger partial charge is 0.101 e. The molecular weight excluding hydrogens is 326 g/mol. The Morgan fingerprint density at radius 1 is 0.923 bits per heavy atom. The molecule has 0 radical (unpaired) electrons. The summed E-state index contributed by atoms with van der Waals surface area (Å²) < 4.78 is 6.02. The number of aliphatic hydroxyl groups is 2. The summed E-state index contributed by atoms with van der Waals surface area (Å²) in [6, 6.07) is -0.0803. The van der Waals surface area contributed by atoms with Crippen LogP contribution in [0.5, 0.6) is 0 Å². The number of nitrogens with zero attached hydrogens (tertiary/aromatic N) is 1. The first-order valence-electron chi connectivity index (χ1n) is 10.9. The van der Waals surface area contributed by atoms with Crippen LogP contribution < -0.4 is 0 Å². The van der Waals surface area contributed by atoms with Crippen LogP contribution in [0.2, 0.25) is 0 Å². The van der Waals surface area contributed by atoms with Crippen molar-refractivity contribution in [2.45, 2.75) is 116 Å². The summed E-state index contributed by atoms with van der Waals surface area (Å²) in [5.74, 6) is 0. The van der Waals surface area contributed by atoms with Crippen LogP contribution in [-0.4, -0.2) is 59.7 Å². The van der Waals surface area contributed by atoms with Gasteiger partial charge in [-0.1, -0.05) is 66.2 Å². The van der Waals surface area contributed by atoms with Gasteiger partial charge in [0.25, 0.3) is 0 Å². The van der Waals surface area contributed by atoms with Gasteiger partial charge >= 0.3 is 0 Å². The van der Waals surface area contributed by atoms with E-state index in [9.17, 15) is 10.2 Å². The first kappa shape index (κ1) is 23.9. The van der Waals surface area contributed by atoms with E-state index in [1.165, 1.54) is 44.9 Å². The highest BCUT2D eigenvalue weighted by Gasteiger charge is 2.44. The normalized spacial score (nSPS) is 26.8. The Hall–Kier alpha value is -0.160. The van der Waals surface area contributed by atoms with Gasteiger partial charge in [-0.3, -0.25) is 4.90 Å². The lowest BCUT2D eigenvalue weighted by molar-refractivity contribution is -0.0589. The second-order valence-electron chi connectivity index (χ2n) is 9.46. The monoisotopic (exact) mass is 371 g/mol. The van der Waals surface area contributed by atoms with Gasteiger partial charge in [0.15, 0.2) is 0 Å². The summed E-state index contributed by atoms with van der Waals surface area (Å²) in [5, 5.41) is 20.7. The van der Waals surface area contributed by atoms with Crippen LogP contribution in [-0.2, 0) is 4.74 Å². The molecule has 0 aliphatic heterocycles. The van der Waals surface area contributed by atoms with Crippen molar-refractivity contribution in [3.05, 3.63) is 0 Å². The minimum atomic E-state index is -0.547. The van der Waals surface area contributed by atoms with E-state index in [1.807, 2.05) is 0 Å². The lowest BCUT2D eigenvalue weighted by Gasteiger charge is -2.32. The minimum absolute atomic E-state index is 0.0803. The van der Waals surface area contributed by atoms with Crippen LogP contribution in [0.25, 0.3) is 0 Å². The van der Waals surface area contributed by atoms with Crippen LogP contribution in [0, 0.1) is 5.41 Å². The van der Waals surface area contributed by atoms with E-state index in [0.29, 0.717) is 18.4 Å². The van der Waals surface area contributed by atoms with E-state index in [1.54, 1.807) is 0 Å². The molecule has 0 aromatic heterocycles. The van der Waals surface area contributed by atoms with Crippen LogP contribution in [0.3, 0.4) is 0 Å². The molecule has 26 heavy (non-hydrogen) atoms. The quantitative estimate of drug-likeness (QED) is 0.472. The molecule has 1 saturated carbocycles. The lowest BCUT2D eigenvalue weighted by atomic mass is 9.89. The molecule has 1 aliphatic carbocycles. The maximum Gasteiger partial charge on any atom is 0.101 e. The fourth-order valence-electron chi connectivity index (χ4n) is 3.99. The zero-order valence-electron chi connectivity index (χ0n) is 18.0. The number of hydrogen-bond acceptors (Lipinski definition) is 4. The average Bonchev–Trinajstić information content (AvgIpc) is 2.83. The van der Waals surface area contributed by atoms with Gasteiger partial charge in [0.1, 0.15) is 6.10 Å². The molecule has 0 bridgehead atoms. The SMILES string of the molecule is CCCCCCCO[C@H]1[C@H](N(C)CCCCCC(C)(C)C)[C@@H](O)C[C@H]1O. The first-order chi connectivity index (χ1) is 12.3. The molecular formula is C22H45NO3. The molecule has 1 aliphatic rings. The average molecular weight is 372 g/mol. The van der Waals surface area contributed by atoms with Crippen molar-refractivity contribution in [1.82, 2.24) is 4.90 Å². The second kappa shape index (κ2) is 12.3. The van der Waals surface area contributed by atoms with Gasteiger partial charge in [0, 0.05) is 13.0 Å². The molecule has 0 amide bonds. The second-order valence-corrected chi connectivity index (χ2v) is 9.46. The molecule has 4 atom stereocenters. The molecule has 1 fully saturated rings. The van der Waals surface area contributed by atoms with Gasteiger partial charge in [-0.15, -0.1) is 0 Å². The van der Waals surface area contributed by atoms with Gasteiger partial charge in [-0.25, -0.2) is 0 Å². The van der Waals surface area contributed by atoms with Crippen molar-refractivity contribution in [2.75, 3.05) is 20.2 Å². The lowest BCUT2D eigenvalue weighted by Crippen LogP contribution is -2.47. The maximum absolute atomic E-state index is 10.4. The summed E-state index contributed by atoms with van der Waals surface area (Å²) in [4.78, 5) is 2.21. The predicted molar refractivity (Wildman–Crippen MR) is 109 cm³/mol. The van der Waals surface area contributed by atoms with Gasteiger partial charge in [-0.2, -0.15) is 0 Å².